The molecule has 0 spiro atoms. The van der Waals surface area contributed by atoms with Gasteiger partial charge in [-0.25, -0.2) is 0 Å². The highest BCUT2D eigenvalue weighted by Crippen LogP contribution is 2.13. The lowest BCUT2D eigenvalue weighted by Gasteiger charge is -2.21. The molecule has 25 heavy (non-hydrogen) atoms. The Kier molecular flexibility index (Phi) is 9.48. The monoisotopic (exact) mass is 475 g/mol. The third kappa shape index (κ3) is 6.29. The molecule has 0 fully saturated rings. The lowest BCUT2D eigenvalue weighted by atomic mass is 10.1. The van der Waals surface area contributed by atoms with Crippen LogP contribution in [0.1, 0.15) is 28.8 Å². The summed E-state index contributed by atoms with van der Waals surface area (Å²) in [4.78, 5) is 8.43. The molecule has 0 aliphatic heterocycles. The lowest BCUT2D eigenvalue weighted by Crippen LogP contribution is -2.40. The fourth-order valence-corrected chi connectivity index (χ4v) is 3.46. The van der Waals surface area contributed by atoms with E-state index < -0.39 is 0 Å². The van der Waals surface area contributed by atoms with Crippen molar-refractivity contribution in [2.75, 3.05) is 26.7 Å². The van der Waals surface area contributed by atoms with Crippen LogP contribution in [0.2, 0.25) is 0 Å². The summed E-state index contributed by atoms with van der Waals surface area (Å²) in [5.74, 6) is 0.980. The number of aryl methyl sites for hydroxylation is 2. The van der Waals surface area contributed by atoms with Gasteiger partial charge >= 0.3 is 0 Å². The predicted octanol–water partition coefficient (Wildman–Crippen LogP) is 3.40. The van der Waals surface area contributed by atoms with Gasteiger partial charge in [0.25, 0.3) is 0 Å². The summed E-state index contributed by atoms with van der Waals surface area (Å²) in [5, 5.41) is 10.0. The molecule has 0 unspecified atom stereocenters. The van der Waals surface area contributed by atoms with Gasteiger partial charge in [0.15, 0.2) is 5.96 Å². The molecular weight excluding hydrogens is 445 g/mol. The van der Waals surface area contributed by atoms with Crippen LogP contribution in [-0.2, 0) is 19.9 Å². The Balaban J connectivity index is 0.00000312. The van der Waals surface area contributed by atoms with E-state index in [0.29, 0.717) is 0 Å². The van der Waals surface area contributed by atoms with Crippen LogP contribution < -0.4 is 5.32 Å². The summed E-state index contributed by atoms with van der Waals surface area (Å²) in [6.45, 7) is 8.93. The molecule has 0 aromatic carbocycles. The number of aliphatic imine (C=N–C) groups is 1. The molecule has 2 heterocycles. The molecule has 0 radical (unpaired) electrons. The normalized spacial score (nSPS) is 11.3. The Labute approximate surface area is 172 Å². The summed E-state index contributed by atoms with van der Waals surface area (Å²) < 4.78 is 1.95. The van der Waals surface area contributed by atoms with Crippen molar-refractivity contribution in [3.63, 3.8) is 0 Å². The summed E-state index contributed by atoms with van der Waals surface area (Å²) in [7, 11) is 4.10. The summed E-state index contributed by atoms with van der Waals surface area (Å²) in [5.41, 5.74) is 3.67. The number of likely N-dealkylation sites (N-methyl/N-ethyl adjacent to an activating group) is 1. The number of guanidine groups is 1. The first kappa shape index (κ1) is 22.0. The van der Waals surface area contributed by atoms with E-state index in [-0.39, 0.29) is 24.0 Å². The van der Waals surface area contributed by atoms with E-state index in [9.17, 15) is 0 Å². The van der Waals surface area contributed by atoms with Crippen molar-refractivity contribution in [2.24, 2.45) is 12.0 Å². The average Bonchev–Trinajstić information content (AvgIpc) is 3.15. The molecule has 0 saturated heterocycles. The quantitative estimate of drug-likeness (QED) is 0.380. The number of hydrogen-bond donors (Lipinski definition) is 1. The minimum Gasteiger partial charge on any atom is -0.357 e. The first-order valence-corrected chi connectivity index (χ1v) is 9.41. The molecule has 140 valence electrons. The Bertz CT molecular complexity index is 663. The second-order valence-electron chi connectivity index (χ2n) is 6.01. The van der Waals surface area contributed by atoms with Gasteiger partial charge in [-0.3, -0.25) is 9.67 Å². The van der Waals surface area contributed by atoms with Gasteiger partial charge in [-0.2, -0.15) is 5.10 Å². The molecule has 5 nitrogen and oxygen atoms in total. The third-order valence-electron chi connectivity index (χ3n) is 4.25. The third-order valence-corrected chi connectivity index (χ3v) is 5.19. The van der Waals surface area contributed by atoms with Gasteiger partial charge in [-0.05, 0) is 50.6 Å². The molecule has 0 amide bonds. The molecule has 7 heteroatoms. The van der Waals surface area contributed by atoms with E-state index in [1.54, 1.807) is 0 Å². The first-order valence-electron chi connectivity index (χ1n) is 8.53. The summed E-state index contributed by atoms with van der Waals surface area (Å²) >= 11 is 1.81. The number of rotatable bonds is 7. The van der Waals surface area contributed by atoms with E-state index >= 15 is 0 Å². The van der Waals surface area contributed by atoms with Crippen molar-refractivity contribution in [3.8, 4) is 0 Å². The van der Waals surface area contributed by atoms with Crippen LogP contribution in [0.4, 0.5) is 0 Å². The standard InChI is InChI=1S/C18H29N5S.HI/c1-6-19-18(22(4)12-10-16-8-7-13-24-16)20-11-9-17-14(2)21-23(5)15(17)3;/h7-8,13H,6,9-12H2,1-5H3,(H,19,20);1H. The summed E-state index contributed by atoms with van der Waals surface area (Å²) in [6, 6.07) is 4.30. The number of nitrogens with one attached hydrogen (secondary N) is 1. The maximum atomic E-state index is 4.80. The molecule has 0 saturated carbocycles. The van der Waals surface area contributed by atoms with Gasteiger partial charge in [-0.1, -0.05) is 6.07 Å². The molecule has 2 aromatic rings. The van der Waals surface area contributed by atoms with Gasteiger partial charge in [-0.15, -0.1) is 35.3 Å². The highest BCUT2D eigenvalue weighted by Gasteiger charge is 2.10. The second-order valence-corrected chi connectivity index (χ2v) is 7.04. The molecule has 1 N–H and O–H groups in total. The number of thiophene rings is 1. The highest BCUT2D eigenvalue weighted by atomic mass is 127. The molecule has 0 aliphatic rings. The number of nitrogens with zero attached hydrogens (tertiary/aromatic N) is 4. The van der Waals surface area contributed by atoms with Crippen molar-refractivity contribution in [3.05, 3.63) is 39.3 Å². The number of hydrogen-bond acceptors (Lipinski definition) is 3. The Morgan fingerprint density at radius 1 is 1.36 bits per heavy atom. The van der Waals surface area contributed by atoms with E-state index in [2.05, 4.69) is 60.6 Å². The van der Waals surface area contributed by atoms with Gasteiger partial charge < -0.3 is 10.2 Å². The van der Waals surface area contributed by atoms with Gasteiger partial charge in [0, 0.05) is 44.3 Å². The largest absolute Gasteiger partial charge is 0.357 e. The smallest absolute Gasteiger partial charge is 0.193 e. The maximum absolute atomic E-state index is 4.80. The van der Waals surface area contributed by atoms with Crippen LogP contribution in [0.15, 0.2) is 22.5 Å². The van der Waals surface area contributed by atoms with Crippen molar-refractivity contribution in [1.29, 1.82) is 0 Å². The fraction of sp³-hybridized carbons (Fsp3) is 0.556. The second kappa shape index (κ2) is 10.8. The first-order chi connectivity index (χ1) is 11.5. The van der Waals surface area contributed by atoms with E-state index in [4.69, 9.17) is 4.99 Å². The molecule has 0 atom stereocenters. The minimum absolute atomic E-state index is 0. The lowest BCUT2D eigenvalue weighted by molar-refractivity contribution is 0.487. The van der Waals surface area contributed by atoms with E-state index in [1.807, 2.05) is 23.1 Å². The van der Waals surface area contributed by atoms with Crippen LogP contribution in [0.5, 0.6) is 0 Å². The van der Waals surface area contributed by atoms with Crippen LogP contribution in [-0.4, -0.2) is 47.3 Å². The molecule has 2 aromatic heterocycles. The molecule has 2 rings (SSSR count). The zero-order valence-corrected chi connectivity index (χ0v) is 19.0. The van der Waals surface area contributed by atoms with E-state index in [0.717, 1.165) is 44.1 Å². The van der Waals surface area contributed by atoms with Crippen molar-refractivity contribution < 1.29 is 0 Å². The zero-order valence-electron chi connectivity index (χ0n) is 15.9. The Hall–Kier alpha value is -1.09. The number of halogens is 1. The van der Waals surface area contributed by atoms with Crippen molar-refractivity contribution >= 4 is 41.3 Å². The van der Waals surface area contributed by atoms with Gasteiger partial charge in [0.05, 0.1) is 5.69 Å². The van der Waals surface area contributed by atoms with Crippen LogP contribution >= 0.6 is 35.3 Å². The van der Waals surface area contributed by atoms with Crippen molar-refractivity contribution in [1.82, 2.24) is 20.0 Å². The topological polar surface area (TPSA) is 45.5 Å². The Morgan fingerprint density at radius 3 is 2.68 bits per heavy atom. The zero-order chi connectivity index (χ0) is 17.5. The van der Waals surface area contributed by atoms with Crippen molar-refractivity contribution in [2.45, 2.75) is 33.6 Å². The van der Waals surface area contributed by atoms with Crippen LogP contribution in [0, 0.1) is 13.8 Å². The van der Waals surface area contributed by atoms with Crippen LogP contribution in [0.3, 0.4) is 0 Å². The predicted molar refractivity (Wildman–Crippen MR) is 118 cm³/mol. The van der Waals surface area contributed by atoms with Gasteiger partial charge in [0.2, 0.25) is 0 Å². The maximum Gasteiger partial charge on any atom is 0.193 e. The van der Waals surface area contributed by atoms with Gasteiger partial charge in [0.1, 0.15) is 0 Å². The van der Waals surface area contributed by atoms with E-state index in [1.165, 1.54) is 16.1 Å². The van der Waals surface area contributed by atoms with Crippen LogP contribution in [0.25, 0.3) is 0 Å². The SMILES string of the molecule is CCNC(=NCCc1c(C)nn(C)c1C)N(C)CCc1cccs1.I. The Morgan fingerprint density at radius 2 is 2.12 bits per heavy atom. The molecule has 0 bridgehead atoms. The number of aromatic nitrogens is 2. The highest BCUT2D eigenvalue weighted by molar-refractivity contribution is 14.0. The fourth-order valence-electron chi connectivity index (χ4n) is 2.76. The molecule has 0 aliphatic carbocycles. The molecular formula is C18H30IN5S. The average molecular weight is 475 g/mol. The minimum atomic E-state index is 0. The summed E-state index contributed by atoms with van der Waals surface area (Å²) in [6.07, 6.45) is 1.98.